The van der Waals surface area contributed by atoms with Gasteiger partial charge in [-0.2, -0.15) is 0 Å². The van der Waals surface area contributed by atoms with Gasteiger partial charge in [0.25, 0.3) is 0 Å². The second-order valence-electron chi connectivity index (χ2n) is 6.98. The lowest BCUT2D eigenvalue weighted by Crippen LogP contribution is -2.48. The molecule has 0 bridgehead atoms. The Morgan fingerprint density at radius 3 is 2.29 bits per heavy atom. The van der Waals surface area contributed by atoms with E-state index in [9.17, 15) is 13.2 Å². The van der Waals surface area contributed by atoms with Crippen LogP contribution in [0, 0.1) is 20.8 Å². The van der Waals surface area contributed by atoms with Crippen LogP contribution in [0.2, 0.25) is 0 Å². The van der Waals surface area contributed by atoms with Crippen molar-refractivity contribution < 1.29 is 17.9 Å². The zero-order valence-corrected chi connectivity index (χ0v) is 17.8. The van der Waals surface area contributed by atoms with E-state index in [1.807, 2.05) is 57.2 Å². The fourth-order valence-corrected chi connectivity index (χ4v) is 4.09. The first-order valence-corrected chi connectivity index (χ1v) is 11.0. The molecule has 152 valence electrons. The Bertz CT molecular complexity index is 924. The number of nitrogens with zero attached hydrogens (tertiary/aromatic N) is 1. The molecule has 0 aliphatic heterocycles. The molecule has 0 aliphatic carbocycles. The Balaban J connectivity index is 2.03. The van der Waals surface area contributed by atoms with Gasteiger partial charge in [-0.25, -0.2) is 8.42 Å². The standard InChI is InChI=1S/C21H28N2O4S/c1-15-7-10-19(11-8-15)27-13-12-22-21(24)18(4)23(28(5,25)26)20-14-16(2)6-9-17(20)3/h6-11,14,18H,12-13H2,1-5H3,(H,22,24). The Morgan fingerprint density at radius 1 is 1.07 bits per heavy atom. The first-order valence-electron chi connectivity index (χ1n) is 9.13. The highest BCUT2D eigenvalue weighted by molar-refractivity contribution is 7.92. The van der Waals surface area contributed by atoms with Gasteiger partial charge in [-0.3, -0.25) is 9.10 Å². The molecular formula is C21H28N2O4S. The third-order valence-corrected chi connectivity index (χ3v) is 5.61. The maximum absolute atomic E-state index is 12.6. The molecule has 0 saturated heterocycles. The van der Waals surface area contributed by atoms with E-state index in [1.165, 1.54) is 4.31 Å². The number of carbonyl (C=O) groups excluding carboxylic acids is 1. The molecule has 0 spiro atoms. The summed E-state index contributed by atoms with van der Waals surface area (Å²) in [5.74, 6) is 0.347. The van der Waals surface area contributed by atoms with Gasteiger partial charge in [0, 0.05) is 0 Å². The highest BCUT2D eigenvalue weighted by Gasteiger charge is 2.30. The first kappa shape index (κ1) is 21.8. The number of carbonyl (C=O) groups is 1. The van der Waals surface area contributed by atoms with Gasteiger partial charge < -0.3 is 10.1 Å². The number of amides is 1. The predicted molar refractivity (Wildman–Crippen MR) is 112 cm³/mol. The summed E-state index contributed by atoms with van der Waals surface area (Å²) < 4.78 is 31.6. The van der Waals surface area contributed by atoms with Crippen LogP contribution in [0.1, 0.15) is 23.6 Å². The summed E-state index contributed by atoms with van der Waals surface area (Å²) in [6, 6.07) is 12.3. The van der Waals surface area contributed by atoms with E-state index in [1.54, 1.807) is 13.0 Å². The van der Waals surface area contributed by atoms with Crippen LogP contribution in [0.3, 0.4) is 0 Å². The van der Waals surface area contributed by atoms with Crippen LogP contribution in [0.4, 0.5) is 5.69 Å². The molecule has 0 radical (unpaired) electrons. The van der Waals surface area contributed by atoms with Crippen LogP contribution in [0.25, 0.3) is 0 Å². The minimum absolute atomic E-state index is 0.279. The molecule has 0 heterocycles. The summed E-state index contributed by atoms with van der Waals surface area (Å²) in [6.07, 6.45) is 1.11. The summed E-state index contributed by atoms with van der Waals surface area (Å²) in [4.78, 5) is 12.6. The molecule has 0 aromatic heterocycles. The van der Waals surface area contributed by atoms with E-state index in [0.717, 1.165) is 28.7 Å². The van der Waals surface area contributed by atoms with Gasteiger partial charge in [-0.1, -0.05) is 29.8 Å². The largest absolute Gasteiger partial charge is 0.492 e. The van der Waals surface area contributed by atoms with E-state index < -0.39 is 16.1 Å². The molecule has 2 aromatic rings. The number of aryl methyl sites for hydroxylation is 3. The summed E-state index contributed by atoms with van der Waals surface area (Å²) >= 11 is 0. The van der Waals surface area contributed by atoms with Gasteiger partial charge in [0.1, 0.15) is 18.4 Å². The molecule has 1 unspecified atom stereocenters. The molecule has 0 fully saturated rings. The van der Waals surface area contributed by atoms with E-state index in [-0.39, 0.29) is 12.5 Å². The van der Waals surface area contributed by atoms with Crippen LogP contribution in [0.15, 0.2) is 42.5 Å². The fraction of sp³-hybridized carbons (Fsp3) is 0.381. The lowest BCUT2D eigenvalue weighted by molar-refractivity contribution is -0.121. The molecule has 2 rings (SSSR count). The van der Waals surface area contributed by atoms with Gasteiger partial charge in [0.15, 0.2) is 0 Å². The highest BCUT2D eigenvalue weighted by atomic mass is 32.2. The molecule has 0 saturated carbocycles. The van der Waals surface area contributed by atoms with E-state index in [0.29, 0.717) is 12.3 Å². The second-order valence-corrected chi connectivity index (χ2v) is 8.84. The lowest BCUT2D eigenvalue weighted by atomic mass is 10.1. The van der Waals surface area contributed by atoms with Crippen LogP contribution < -0.4 is 14.4 Å². The molecule has 1 N–H and O–H groups in total. The summed E-state index contributed by atoms with van der Waals surface area (Å²) in [5.41, 5.74) is 3.37. The SMILES string of the molecule is Cc1ccc(OCCNC(=O)C(C)N(c2cc(C)ccc2C)S(C)(=O)=O)cc1. The van der Waals surface area contributed by atoms with Crippen molar-refractivity contribution in [3.05, 3.63) is 59.2 Å². The minimum atomic E-state index is -3.64. The van der Waals surface area contributed by atoms with Crippen LogP contribution in [-0.2, 0) is 14.8 Å². The average molecular weight is 405 g/mol. The second kappa shape index (κ2) is 9.10. The van der Waals surface area contributed by atoms with Crippen LogP contribution in [0.5, 0.6) is 5.75 Å². The van der Waals surface area contributed by atoms with Crippen molar-refractivity contribution in [2.45, 2.75) is 33.7 Å². The first-order chi connectivity index (χ1) is 13.1. The Kier molecular flexibility index (Phi) is 7.07. The molecule has 1 amide bonds. The molecule has 2 aromatic carbocycles. The fourth-order valence-electron chi connectivity index (χ4n) is 2.86. The maximum atomic E-state index is 12.6. The van der Waals surface area contributed by atoms with Crippen molar-refractivity contribution in [2.75, 3.05) is 23.7 Å². The van der Waals surface area contributed by atoms with Gasteiger partial charge >= 0.3 is 0 Å². The molecular weight excluding hydrogens is 376 g/mol. The lowest BCUT2D eigenvalue weighted by Gasteiger charge is -2.29. The number of ether oxygens (including phenoxy) is 1. The van der Waals surface area contributed by atoms with E-state index in [2.05, 4.69) is 5.32 Å². The molecule has 6 nitrogen and oxygen atoms in total. The monoisotopic (exact) mass is 404 g/mol. The van der Waals surface area contributed by atoms with Gasteiger partial charge in [0.2, 0.25) is 15.9 Å². The van der Waals surface area contributed by atoms with Crippen molar-refractivity contribution in [3.8, 4) is 5.75 Å². The summed E-state index contributed by atoms with van der Waals surface area (Å²) in [5, 5.41) is 2.75. The number of hydrogen-bond acceptors (Lipinski definition) is 4. The van der Waals surface area contributed by atoms with Crippen molar-refractivity contribution in [3.63, 3.8) is 0 Å². The molecule has 7 heteroatoms. The molecule has 0 aliphatic rings. The smallest absolute Gasteiger partial charge is 0.243 e. The zero-order chi connectivity index (χ0) is 20.9. The predicted octanol–water partition coefficient (Wildman–Crippen LogP) is 2.96. The van der Waals surface area contributed by atoms with Crippen molar-refractivity contribution in [2.24, 2.45) is 0 Å². The molecule has 28 heavy (non-hydrogen) atoms. The quantitative estimate of drug-likeness (QED) is 0.687. The van der Waals surface area contributed by atoms with Crippen molar-refractivity contribution in [1.29, 1.82) is 0 Å². The maximum Gasteiger partial charge on any atom is 0.243 e. The highest BCUT2D eigenvalue weighted by Crippen LogP contribution is 2.26. The topological polar surface area (TPSA) is 75.7 Å². The Morgan fingerprint density at radius 2 is 1.68 bits per heavy atom. The zero-order valence-electron chi connectivity index (χ0n) is 17.0. The van der Waals surface area contributed by atoms with Gasteiger partial charge in [0.05, 0.1) is 18.5 Å². The number of sulfonamides is 1. The third kappa shape index (κ3) is 5.73. The summed E-state index contributed by atoms with van der Waals surface area (Å²) in [7, 11) is -3.64. The van der Waals surface area contributed by atoms with E-state index >= 15 is 0 Å². The van der Waals surface area contributed by atoms with E-state index in [4.69, 9.17) is 4.74 Å². The van der Waals surface area contributed by atoms with Gasteiger partial charge in [-0.15, -0.1) is 0 Å². The third-order valence-electron chi connectivity index (χ3n) is 4.38. The van der Waals surface area contributed by atoms with Gasteiger partial charge in [-0.05, 0) is 57.0 Å². The number of nitrogens with one attached hydrogen (secondary N) is 1. The number of hydrogen-bond donors (Lipinski definition) is 1. The minimum Gasteiger partial charge on any atom is -0.492 e. The van der Waals surface area contributed by atoms with Crippen LogP contribution in [-0.4, -0.2) is 39.8 Å². The Hall–Kier alpha value is -2.54. The molecule has 1 atom stereocenters. The number of anilines is 1. The number of rotatable bonds is 8. The number of benzene rings is 2. The average Bonchev–Trinajstić information content (AvgIpc) is 2.62. The van der Waals surface area contributed by atoms with Crippen LogP contribution >= 0.6 is 0 Å². The normalized spacial score (nSPS) is 12.3. The van der Waals surface area contributed by atoms with Crippen molar-refractivity contribution >= 4 is 21.6 Å². The van der Waals surface area contributed by atoms with Crippen molar-refractivity contribution in [1.82, 2.24) is 5.32 Å². The summed E-state index contributed by atoms with van der Waals surface area (Å²) in [6.45, 7) is 7.86. The Labute approximate surface area is 167 Å².